The van der Waals surface area contributed by atoms with Gasteiger partial charge in [0, 0.05) is 32.1 Å². The van der Waals surface area contributed by atoms with E-state index < -0.39 is 10.0 Å². The van der Waals surface area contributed by atoms with E-state index in [-0.39, 0.29) is 27.7 Å². The van der Waals surface area contributed by atoms with Crippen molar-refractivity contribution in [3.63, 3.8) is 0 Å². The first kappa shape index (κ1) is 18.8. The fourth-order valence-electron chi connectivity index (χ4n) is 4.68. The molecule has 0 spiro atoms. The molecule has 8 nitrogen and oxygen atoms in total. The monoisotopic (exact) mass is 433 g/mol. The topological polar surface area (TPSA) is 90.1 Å². The van der Waals surface area contributed by atoms with Crippen LogP contribution in [0.15, 0.2) is 34.0 Å². The van der Waals surface area contributed by atoms with Gasteiger partial charge in [0.25, 0.3) is 5.56 Å². The van der Waals surface area contributed by atoms with Gasteiger partial charge < -0.3 is 0 Å². The Labute approximate surface area is 172 Å². The maximum atomic E-state index is 13.6. The van der Waals surface area contributed by atoms with E-state index >= 15 is 0 Å². The first-order valence-electron chi connectivity index (χ1n) is 9.50. The molecule has 29 heavy (non-hydrogen) atoms. The summed E-state index contributed by atoms with van der Waals surface area (Å²) >= 11 is 6.29. The van der Waals surface area contributed by atoms with Crippen LogP contribution in [-0.4, -0.2) is 44.1 Å². The van der Waals surface area contributed by atoms with Crippen LogP contribution >= 0.6 is 11.6 Å². The molecule has 3 aromatic rings. The predicted molar refractivity (Wildman–Crippen MR) is 108 cm³/mol. The number of fused-ring (bicyclic) bond motifs is 4. The molecule has 2 unspecified atom stereocenters. The molecule has 0 aliphatic carbocycles. The van der Waals surface area contributed by atoms with Gasteiger partial charge in [-0.25, -0.2) is 13.4 Å². The molecule has 10 heteroatoms. The summed E-state index contributed by atoms with van der Waals surface area (Å²) in [6.45, 7) is 1.94. The predicted octanol–water partition coefficient (Wildman–Crippen LogP) is 1.87. The van der Waals surface area contributed by atoms with Crippen molar-refractivity contribution >= 4 is 32.5 Å². The average Bonchev–Trinajstić information content (AvgIpc) is 3.11. The van der Waals surface area contributed by atoms with E-state index in [1.807, 2.05) is 18.2 Å². The van der Waals surface area contributed by atoms with Gasteiger partial charge in [-0.2, -0.15) is 9.40 Å². The molecule has 0 radical (unpaired) electrons. The standard InChI is InChI=1S/C19H20ClN5O3S/c1-11-17(18(20)23(2)22-11)29(27,28)25-12-7-8-13(25)10-24-16(9-12)21-15-6-4-3-5-14(15)19(24)26/h3-6,12-13H,7-10H2,1-2H3. The van der Waals surface area contributed by atoms with Gasteiger partial charge in [0.2, 0.25) is 10.0 Å². The average molecular weight is 434 g/mol. The highest BCUT2D eigenvalue weighted by Crippen LogP contribution is 2.38. The first-order valence-corrected chi connectivity index (χ1v) is 11.3. The summed E-state index contributed by atoms with van der Waals surface area (Å²) in [5, 5.41) is 4.82. The zero-order chi connectivity index (χ0) is 20.5. The van der Waals surface area contributed by atoms with Crippen LogP contribution in [0, 0.1) is 6.92 Å². The van der Waals surface area contributed by atoms with Crippen LogP contribution in [0.4, 0.5) is 0 Å². The van der Waals surface area contributed by atoms with Gasteiger partial charge in [0.05, 0.1) is 16.6 Å². The molecule has 0 saturated carbocycles. The summed E-state index contributed by atoms with van der Waals surface area (Å²) in [5.74, 6) is 0.634. The van der Waals surface area contributed by atoms with Crippen LogP contribution in [0.5, 0.6) is 0 Å². The van der Waals surface area contributed by atoms with Crippen LogP contribution in [0.25, 0.3) is 10.9 Å². The van der Waals surface area contributed by atoms with Gasteiger partial charge in [-0.1, -0.05) is 23.7 Å². The van der Waals surface area contributed by atoms with Crippen molar-refractivity contribution in [3.05, 3.63) is 51.3 Å². The third-order valence-electron chi connectivity index (χ3n) is 5.94. The quantitative estimate of drug-likeness (QED) is 0.615. The molecule has 2 atom stereocenters. The highest BCUT2D eigenvalue weighted by Gasteiger charge is 2.46. The van der Waals surface area contributed by atoms with Crippen molar-refractivity contribution in [2.45, 2.75) is 49.7 Å². The van der Waals surface area contributed by atoms with Gasteiger partial charge in [-0.3, -0.25) is 14.0 Å². The van der Waals surface area contributed by atoms with Crippen molar-refractivity contribution in [1.29, 1.82) is 0 Å². The fourth-order valence-corrected chi connectivity index (χ4v) is 7.26. The number of halogens is 1. The Morgan fingerprint density at radius 1 is 1.17 bits per heavy atom. The molecule has 4 heterocycles. The largest absolute Gasteiger partial charge is 0.294 e. The Bertz CT molecular complexity index is 1310. The highest BCUT2D eigenvalue weighted by molar-refractivity contribution is 7.89. The molecule has 2 bridgehead atoms. The second-order valence-corrected chi connectivity index (χ2v) is 9.85. The number of hydrogen-bond donors (Lipinski definition) is 0. The summed E-state index contributed by atoms with van der Waals surface area (Å²) in [6, 6.07) is 6.65. The maximum absolute atomic E-state index is 13.6. The number of aromatic nitrogens is 4. The molecule has 1 fully saturated rings. The second-order valence-electron chi connectivity index (χ2n) is 7.71. The van der Waals surface area contributed by atoms with Gasteiger partial charge in [0.1, 0.15) is 15.9 Å². The van der Waals surface area contributed by atoms with Crippen molar-refractivity contribution in [3.8, 4) is 0 Å². The molecular weight excluding hydrogens is 414 g/mol. The van der Waals surface area contributed by atoms with Gasteiger partial charge in [-0.15, -0.1) is 0 Å². The molecule has 2 aliphatic heterocycles. The van der Waals surface area contributed by atoms with E-state index in [9.17, 15) is 13.2 Å². The lowest BCUT2D eigenvalue weighted by atomic mass is 10.1. The molecule has 5 rings (SSSR count). The summed E-state index contributed by atoms with van der Waals surface area (Å²) in [4.78, 5) is 17.8. The first-order chi connectivity index (χ1) is 13.8. The maximum Gasteiger partial charge on any atom is 0.261 e. The minimum atomic E-state index is -3.86. The number of para-hydroxylation sites is 1. The van der Waals surface area contributed by atoms with Crippen molar-refractivity contribution in [1.82, 2.24) is 23.6 Å². The minimum absolute atomic E-state index is 0.0509. The second kappa shape index (κ2) is 6.38. The number of hydrogen-bond acceptors (Lipinski definition) is 5. The van der Waals surface area contributed by atoms with Gasteiger partial charge in [-0.05, 0) is 31.9 Å². The Balaban J connectivity index is 1.64. The van der Waals surface area contributed by atoms with E-state index in [1.54, 1.807) is 28.9 Å². The van der Waals surface area contributed by atoms with E-state index in [0.717, 1.165) is 6.42 Å². The smallest absolute Gasteiger partial charge is 0.261 e. The SMILES string of the molecule is Cc1nn(C)c(Cl)c1S(=O)(=O)N1C2CCC1Cn1c(nc3ccccc3c1=O)C2. The third kappa shape index (κ3) is 2.68. The minimum Gasteiger partial charge on any atom is -0.294 e. The van der Waals surface area contributed by atoms with E-state index in [4.69, 9.17) is 11.6 Å². The zero-order valence-corrected chi connectivity index (χ0v) is 17.6. The molecule has 2 aliphatic rings. The molecular formula is C19H20ClN5O3S. The summed E-state index contributed by atoms with van der Waals surface area (Å²) in [7, 11) is -2.24. The third-order valence-corrected chi connectivity index (χ3v) is 8.64. The van der Waals surface area contributed by atoms with E-state index in [1.165, 1.54) is 4.68 Å². The number of rotatable bonds is 2. The lowest BCUT2D eigenvalue weighted by Crippen LogP contribution is -2.42. The van der Waals surface area contributed by atoms with Crippen molar-refractivity contribution in [2.24, 2.45) is 7.05 Å². The Hall–Kier alpha value is -2.23. The van der Waals surface area contributed by atoms with Crippen LogP contribution in [0.3, 0.4) is 0 Å². The lowest BCUT2D eigenvalue weighted by Gasteiger charge is -2.26. The molecule has 2 aromatic heterocycles. The fraction of sp³-hybridized carbons (Fsp3) is 0.421. The summed E-state index contributed by atoms with van der Waals surface area (Å²) < 4.78 is 31.8. The van der Waals surface area contributed by atoms with Gasteiger partial charge in [0.15, 0.2) is 0 Å². The number of aryl methyl sites for hydroxylation is 2. The molecule has 152 valence electrons. The van der Waals surface area contributed by atoms with Crippen LogP contribution in [0.2, 0.25) is 5.15 Å². The Morgan fingerprint density at radius 3 is 2.62 bits per heavy atom. The number of benzene rings is 1. The molecule has 1 saturated heterocycles. The van der Waals surface area contributed by atoms with Crippen LogP contribution in [-0.2, 0) is 30.0 Å². The van der Waals surface area contributed by atoms with Crippen molar-refractivity contribution in [2.75, 3.05) is 0 Å². The van der Waals surface area contributed by atoms with Crippen LogP contribution in [0.1, 0.15) is 24.4 Å². The van der Waals surface area contributed by atoms with Gasteiger partial charge >= 0.3 is 0 Å². The van der Waals surface area contributed by atoms with E-state index in [0.29, 0.717) is 41.8 Å². The molecule has 0 N–H and O–H groups in total. The molecule has 0 amide bonds. The van der Waals surface area contributed by atoms with Crippen LogP contribution < -0.4 is 5.56 Å². The zero-order valence-electron chi connectivity index (χ0n) is 16.0. The highest BCUT2D eigenvalue weighted by atomic mass is 35.5. The van der Waals surface area contributed by atoms with Crippen molar-refractivity contribution < 1.29 is 8.42 Å². The summed E-state index contributed by atoms with van der Waals surface area (Å²) in [5.41, 5.74) is 0.896. The summed E-state index contributed by atoms with van der Waals surface area (Å²) in [6.07, 6.45) is 1.82. The number of sulfonamides is 1. The normalized spacial score (nSPS) is 22.0. The Kier molecular flexibility index (Phi) is 4.13. The van der Waals surface area contributed by atoms with E-state index in [2.05, 4.69) is 10.1 Å². The molecule has 1 aromatic carbocycles. The number of nitrogens with zero attached hydrogens (tertiary/aromatic N) is 5. The lowest BCUT2D eigenvalue weighted by molar-refractivity contribution is 0.315. The Morgan fingerprint density at radius 2 is 1.90 bits per heavy atom.